The van der Waals surface area contributed by atoms with Crippen LogP contribution >= 0.6 is 11.3 Å². The zero-order chi connectivity index (χ0) is 19.7. The molecule has 1 unspecified atom stereocenters. The van der Waals surface area contributed by atoms with Gasteiger partial charge in [-0.3, -0.25) is 0 Å². The largest absolute Gasteiger partial charge is 0.488 e. The lowest BCUT2D eigenvalue weighted by molar-refractivity contribution is 0.0701. The summed E-state index contributed by atoms with van der Waals surface area (Å²) in [5.74, 6) is -0.971. The summed E-state index contributed by atoms with van der Waals surface area (Å²) < 4.78 is 28.3. The van der Waals surface area contributed by atoms with Gasteiger partial charge in [0.1, 0.15) is 28.3 Å². The SMILES string of the molecule is Cc1nc(-c2ccc(OCC(C)(O)S(C)(=O)=O)c(C#N)c2)sc1C(=O)O. The second-order valence-corrected chi connectivity index (χ2v) is 9.22. The molecule has 1 heterocycles. The van der Waals surface area contributed by atoms with Gasteiger partial charge in [-0.25, -0.2) is 18.2 Å². The van der Waals surface area contributed by atoms with E-state index in [2.05, 4.69) is 4.98 Å². The highest BCUT2D eigenvalue weighted by molar-refractivity contribution is 7.91. The lowest BCUT2D eigenvalue weighted by Crippen LogP contribution is -2.40. The molecule has 138 valence electrons. The van der Waals surface area contributed by atoms with Crippen molar-refractivity contribution in [1.29, 1.82) is 5.26 Å². The van der Waals surface area contributed by atoms with Gasteiger partial charge in [0, 0.05) is 11.8 Å². The summed E-state index contributed by atoms with van der Waals surface area (Å²) in [6.45, 7) is 2.15. The maximum Gasteiger partial charge on any atom is 0.347 e. The average molecular weight is 396 g/mol. The minimum absolute atomic E-state index is 0.104. The Balaban J connectivity index is 2.33. The number of aryl methyl sites for hydroxylation is 1. The second kappa shape index (κ2) is 7.03. The number of sulfone groups is 1. The predicted octanol–water partition coefficient (Wildman–Crippen LogP) is 1.82. The number of carboxylic acids is 1. The standard InChI is InChI=1S/C16H16N2O6S2/c1-9-13(15(19)20)25-14(18-9)10-4-5-12(11(6-10)7-17)24-8-16(2,21)26(3,22)23/h4-6,21H,8H2,1-3H3,(H,19,20). The fourth-order valence-electron chi connectivity index (χ4n) is 1.91. The summed E-state index contributed by atoms with van der Waals surface area (Å²) in [4.78, 5) is 13.3. The Morgan fingerprint density at radius 3 is 2.62 bits per heavy atom. The summed E-state index contributed by atoms with van der Waals surface area (Å²) in [6, 6.07) is 6.42. The van der Waals surface area contributed by atoms with Crippen molar-refractivity contribution < 1.29 is 28.2 Å². The molecule has 0 aliphatic rings. The van der Waals surface area contributed by atoms with E-state index in [1.807, 2.05) is 6.07 Å². The van der Waals surface area contributed by atoms with Gasteiger partial charge in [0.05, 0.1) is 11.3 Å². The average Bonchev–Trinajstić information content (AvgIpc) is 2.93. The molecule has 2 rings (SSSR count). The van der Waals surface area contributed by atoms with Crippen LogP contribution in [0, 0.1) is 18.3 Å². The summed E-state index contributed by atoms with van der Waals surface area (Å²) in [7, 11) is -3.77. The van der Waals surface area contributed by atoms with Crippen molar-refractivity contribution in [3.05, 3.63) is 34.3 Å². The second-order valence-electron chi connectivity index (χ2n) is 5.80. The third-order valence-corrected chi connectivity index (χ3v) is 6.54. The van der Waals surface area contributed by atoms with Crippen molar-refractivity contribution in [2.45, 2.75) is 18.8 Å². The van der Waals surface area contributed by atoms with Crippen molar-refractivity contribution in [2.24, 2.45) is 0 Å². The van der Waals surface area contributed by atoms with Crippen LogP contribution in [-0.4, -0.2) is 47.4 Å². The molecule has 1 aromatic heterocycles. The topological polar surface area (TPSA) is 138 Å². The fraction of sp³-hybridized carbons (Fsp3) is 0.312. The highest BCUT2D eigenvalue weighted by Crippen LogP contribution is 2.31. The molecule has 8 nitrogen and oxygen atoms in total. The van der Waals surface area contributed by atoms with E-state index in [1.54, 1.807) is 13.0 Å². The Kier molecular flexibility index (Phi) is 5.36. The highest BCUT2D eigenvalue weighted by atomic mass is 32.2. The van der Waals surface area contributed by atoms with Crippen molar-refractivity contribution in [3.63, 3.8) is 0 Å². The van der Waals surface area contributed by atoms with Crippen LogP contribution in [0.1, 0.15) is 27.9 Å². The van der Waals surface area contributed by atoms with Gasteiger partial charge >= 0.3 is 5.97 Å². The van der Waals surface area contributed by atoms with E-state index in [-0.39, 0.29) is 16.2 Å². The minimum atomic E-state index is -3.77. The van der Waals surface area contributed by atoms with Crippen LogP contribution in [0.3, 0.4) is 0 Å². The Morgan fingerprint density at radius 2 is 2.12 bits per heavy atom. The molecule has 1 aromatic carbocycles. The molecular weight excluding hydrogens is 380 g/mol. The molecule has 0 saturated carbocycles. The van der Waals surface area contributed by atoms with Gasteiger partial charge in [0.15, 0.2) is 14.8 Å². The van der Waals surface area contributed by atoms with Gasteiger partial charge in [-0.2, -0.15) is 5.26 Å². The molecule has 0 fully saturated rings. The maximum absolute atomic E-state index is 11.5. The molecule has 2 N–H and O–H groups in total. The van der Waals surface area contributed by atoms with Crippen LogP contribution in [-0.2, 0) is 9.84 Å². The number of hydrogen-bond acceptors (Lipinski definition) is 8. The molecule has 1 atom stereocenters. The van der Waals surface area contributed by atoms with Crippen molar-refractivity contribution in [2.75, 3.05) is 12.9 Å². The number of aromatic carboxylic acids is 1. The molecule has 10 heteroatoms. The number of aromatic nitrogens is 1. The monoisotopic (exact) mass is 396 g/mol. The van der Waals surface area contributed by atoms with Gasteiger partial charge in [-0.05, 0) is 32.0 Å². The molecule has 0 bridgehead atoms. The van der Waals surface area contributed by atoms with Gasteiger partial charge in [-0.1, -0.05) is 0 Å². The van der Waals surface area contributed by atoms with Crippen LogP contribution in [0.2, 0.25) is 0 Å². The number of thiazole rings is 1. The number of aliphatic hydroxyl groups is 1. The van der Waals surface area contributed by atoms with Crippen molar-refractivity contribution >= 4 is 27.1 Å². The lowest BCUT2D eigenvalue weighted by Gasteiger charge is -2.21. The van der Waals surface area contributed by atoms with Gasteiger partial charge in [0.2, 0.25) is 0 Å². The Hall–Kier alpha value is -2.48. The van der Waals surface area contributed by atoms with E-state index >= 15 is 0 Å². The van der Waals surface area contributed by atoms with Crippen LogP contribution in [0.5, 0.6) is 5.75 Å². The van der Waals surface area contributed by atoms with Gasteiger partial charge < -0.3 is 14.9 Å². The first-order valence-electron chi connectivity index (χ1n) is 7.26. The Morgan fingerprint density at radius 1 is 1.46 bits per heavy atom. The summed E-state index contributed by atoms with van der Waals surface area (Å²) in [6.07, 6.45) is 0.884. The Bertz CT molecular complexity index is 1000. The molecular formula is C16H16N2O6S2. The number of ether oxygens (including phenoxy) is 1. The molecule has 26 heavy (non-hydrogen) atoms. The maximum atomic E-state index is 11.5. The number of rotatable bonds is 6. The number of nitriles is 1. The number of benzene rings is 1. The van der Waals surface area contributed by atoms with E-state index in [4.69, 9.17) is 9.84 Å². The zero-order valence-electron chi connectivity index (χ0n) is 14.2. The summed E-state index contributed by atoms with van der Waals surface area (Å²) in [5, 5.41) is 28.8. The number of carbonyl (C=O) groups is 1. The minimum Gasteiger partial charge on any atom is -0.488 e. The van der Waals surface area contributed by atoms with Gasteiger partial charge in [-0.15, -0.1) is 11.3 Å². The summed E-state index contributed by atoms with van der Waals surface area (Å²) >= 11 is 0.987. The van der Waals surface area contributed by atoms with Gasteiger partial charge in [0.25, 0.3) is 0 Å². The third kappa shape index (κ3) is 4.01. The van der Waals surface area contributed by atoms with E-state index in [0.717, 1.165) is 24.5 Å². The fourth-order valence-corrected chi connectivity index (χ4v) is 3.09. The number of nitrogens with zero attached hydrogens (tertiary/aromatic N) is 2. The molecule has 0 saturated heterocycles. The van der Waals surface area contributed by atoms with Crippen LogP contribution in [0.15, 0.2) is 18.2 Å². The normalized spacial score (nSPS) is 13.7. The van der Waals surface area contributed by atoms with Crippen molar-refractivity contribution in [1.82, 2.24) is 4.98 Å². The van der Waals surface area contributed by atoms with E-state index in [1.165, 1.54) is 12.1 Å². The first kappa shape index (κ1) is 19.8. The Labute approximate surface area is 154 Å². The third-order valence-electron chi connectivity index (χ3n) is 3.63. The molecule has 0 amide bonds. The number of hydrogen-bond donors (Lipinski definition) is 2. The summed E-state index contributed by atoms with van der Waals surface area (Å²) in [5.41, 5.74) is 1.02. The smallest absolute Gasteiger partial charge is 0.347 e. The highest BCUT2D eigenvalue weighted by Gasteiger charge is 2.34. The molecule has 0 aliphatic carbocycles. The molecule has 0 spiro atoms. The van der Waals surface area contributed by atoms with Crippen LogP contribution in [0.4, 0.5) is 0 Å². The molecule has 2 aromatic rings. The zero-order valence-corrected chi connectivity index (χ0v) is 15.8. The van der Waals surface area contributed by atoms with Crippen LogP contribution < -0.4 is 4.74 Å². The van der Waals surface area contributed by atoms with E-state index in [9.17, 15) is 23.6 Å². The van der Waals surface area contributed by atoms with Crippen LogP contribution in [0.25, 0.3) is 10.6 Å². The predicted molar refractivity (Wildman–Crippen MR) is 94.9 cm³/mol. The van der Waals surface area contributed by atoms with Crippen molar-refractivity contribution in [3.8, 4) is 22.4 Å². The quantitative estimate of drug-likeness (QED) is 0.754. The number of carboxylic acid groups (broad SMARTS) is 1. The molecule has 0 radical (unpaired) electrons. The first-order chi connectivity index (χ1) is 12.0. The lowest BCUT2D eigenvalue weighted by atomic mass is 10.1. The van der Waals surface area contributed by atoms with E-state index in [0.29, 0.717) is 16.3 Å². The first-order valence-corrected chi connectivity index (χ1v) is 9.97. The van der Waals surface area contributed by atoms with E-state index < -0.39 is 27.3 Å². The molecule has 0 aliphatic heterocycles.